The molecule has 0 bridgehead atoms. The first kappa shape index (κ1) is 16.9. The van der Waals surface area contributed by atoms with Gasteiger partial charge in [0.25, 0.3) is 0 Å². The predicted octanol–water partition coefficient (Wildman–Crippen LogP) is 1.69. The van der Waals surface area contributed by atoms with Gasteiger partial charge in [-0.25, -0.2) is 13.1 Å². The smallest absolute Gasteiger partial charge is 0.305 e. The van der Waals surface area contributed by atoms with E-state index < -0.39 is 10.0 Å². The van der Waals surface area contributed by atoms with Gasteiger partial charge in [0.15, 0.2) is 0 Å². The van der Waals surface area contributed by atoms with Crippen LogP contribution >= 0.6 is 15.9 Å². The highest BCUT2D eigenvalue weighted by atomic mass is 79.9. The molecule has 0 aromatic heterocycles. The quantitative estimate of drug-likeness (QED) is 0.587. The molecule has 0 heterocycles. The van der Waals surface area contributed by atoms with Crippen molar-refractivity contribution in [1.29, 1.82) is 0 Å². The van der Waals surface area contributed by atoms with Crippen molar-refractivity contribution in [3.8, 4) is 5.75 Å². The summed E-state index contributed by atoms with van der Waals surface area (Å²) in [4.78, 5) is 11.0. The van der Waals surface area contributed by atoms with Crippen molar-refractivity contribution in [2.75, 3.05) is 20.8 Å². The topological polar surface area (TPSA) is 81.7 Å². The molecule has 20 heavy (non-hydrogen) atoms. The van der Waals surface area contributed by atoms with E-state index in [-0.39, 0.29) is 23.8 Å². The van der Waals surface area contributed by atoms with Gasteiger partial charge in [0, 0.05) is 13.0 Å². The standard InChI is InChI=1S/C12H16BrNO5S/c1-18-11-6-5-9(8-10(11)13)20(16,17)14-7-3-4-12(15)19-2/h5-6,8,14H,3-4,7H2,1-2H3. The van der Waals surface area contributed by atoms with Gasteiger partial charge in [-0.15, -0.1) is 0 Å². The monoisotopic (exact) mass is 365 g/mol. The third-order valence-electron chi connectivity index (χ3n) is 2.51. The van der Waals surface area contributed by atoms with Crippen molar-refractivity contribution in [1.82, 2.24) is 4.72 Å². The van der Waals surface area contributed by atoms with E-state index in [9.17, 15) is 13.2 Å². The second-order valence-corrected chi connectivity index (χ2v) is 6.50. The van der Waals surface area contributed by atoms with Crippen LogP contribution in [0.5, 0.6) is 5.75 Å². The summed E-state index contributed by atoms with van der Waals surface area (Å²) in [6.45, 7) is 0.168. The van der Waals surface area contributed by atoms with Crippen LogP contribution in [0.15, 0.2) is 27.6 Å². The molecule has 1 aromatic carbocycles. The number of nitrogens with one attached hydrogen (secondary N) is 1. The molecule has 0 saturated carbocycles. The number of hydrogen-bond acceptors (Lipinski definition) is 5. The van der Waals surface area contributed by atoms with Crippen LogP contribution in [0.3, 0.4) is 0 Å². The van der Waals surface area contributed by atoms with E-state index in [2.05, 4.69) is 25.4 Å². The van der Waals surface area contributed by atoms with E-state index in [1.54, 1.807) is 6.07 Å². The summed E-state index contributed by atoms with van der Waals surface area (Å²) in [7, 11) is -0.808. The first-order chi connectivity index (χ1) is 9.40. The normalized spacial score (nSPS) is 11.2. The second-order valence-electron chi connectivity index (χ2n) is 3.87. The Labute approximate surface area is 126 Å². The SMILES string of the molecule is COC(=O)CCCNS(=O)(=O)c1ccc(OC)c(Br)c1. The summed E-state index contributed by atoms with van der Waals surface area (Å²) in [5.41, 5.74) is 0. The van der Waals surface area contributed by atoms with Crippen LogP contribution < -0.4 is 9.46 Å². The summed E-state index contributed by atoms with van der Waals surface area (Å²) in [5, 5.41) is 0. The maximum Gasteiger partial charge on any atom is 0.305 e. The maximum absolute atomic E-state index is 12.0. The van der Waals surface area contributed by atoms with E-state index in [0.717, 1.165) is 0 Å². The predicted molar refractivity (Wildman–Crippen MR) is 77.1 cm³/mol. The van der Waals surface area contributed by atoms with Crippen molar-refractivity contribution in [2.24, 2.45) is 0 Å². The van der Waals surface area contributed by atoms with E-state index in [0.29, 0.717) is 16.6 Å². The van der Waals surface area contributed by atoms with Crippen molar-refractivity contribution in [2.45, 2.75) is 17.7 Å². The van der Waals surface area contributed by atoms with E-state index in [1.807, 2.05) is 0 Å². The molecule has 0 amide bonds. The molecule has 0 aliphatic carbocycles. The maximum atomic E-state index is 12.0. The van der Waals surface area contributed by atoms with E-state index >= 15 is 0 Å². The molecule has 0 aliphatic rings. The minimum Gasteiger partial charge on any atom is -0.496 e. The van der Waals surface area contributed by atoms with Gasteiger partial charge in [-0.3, -0.25) is 4.79 Å². The molecule has 0 aliphatic heterocycles. The lowest BCUT2D eigenvalue weighted by atomic mass is 10.3. The van der Waals surface area contributed by atoms with Gasteiger partial charge in [-0.1, -0.05) is 0 Å². The van der Waals surface area contributed by atoms with E-state index in [4.69, 9.17) is 4.74 Å². The molecule has 1 N–H and O–H groups in total. The van der Waals surface area contributed by atoms with Crippen molar-refractivity contribution < 1.29 is 22.7 Å². The molecule has 6 nitrogen and oxygen atoms in total. The van der Waals surface area contributed by atoms with Crippen LogP contribution in [0, 0.1) is 0 Å². The highest BCUT2D eigenvalue weighted by molar-refractivity contribution is 9.10. The molecular formula is C12H16BrNO5S. The third-order valence-corrected chi connectivity index (χ3v) is 4.59. The van der Waals surface area contributed by atoms with Crippen molar-refractivity contribution in [3.63, 3.8) is 0 Å². The Morgan fingerprint density at radius 1 is 1.35 bits per heavy atom. The van der Waals surface area contributed by atoms with Crippen LogP contribution in [0.25, 0.3) is 0 Å². The Morgan fingerprint density at radius 2 is 2.05 bits per heavy atom. The van der Waals surface area contributed by atoms with Crippen molar-refractivity contribution >= 4 is 31.9 Å². The van der Waals surface area contributed by atoms with Crippen LogP contribution in [0.2, 0.25) is 0 Å². The molecule has 8 heteroatoms. The first-order valence-electron chi connectivity index (χ1n) is 5.80. The molecule has 0 radical (unpaired) electrons. The molecule has 0 unspecified atom stereocenters. The van der Waals surface area contributed by atoms with Crippen molar-refractivity contribution in [3.05, 3.63) is 22.7 Å². The van der Waals surface area contributed by atoms with Crippen LogP contribution in [-0.2, 0) is 19.6 Å². The lowest BCUT2D eigenvalue weighted by Crippen LogP contribution is -2.25. The van der Waals surface area contributed by atoms with Crippen LogP contribution in [0.1, 0.15) is 12.8 Å². The molecule has 0 atom stereocenters. The number of rotatable bonds is 7. The zero-order valence-corrected chi connectivity index (χ0v) is 13.6. The zero-order chi connectivity index (χ0) is 15.2. The number of benzene rings is 1. The zero-order valence-electron chi connectivity index (χ0n) is 11.2. The molecule has 0 spiro atoms. The Balaban J connectivity index is 2.65. The number of carbonyl (C=O) groups is 1. The highest BCUT2D eigenvalue weighted by Gasteiger charge is 2.15. The Bertz CT molecular complexity index is 573. The Hall–Kier alpha value is -1.12. The number of sulfonamides is 1. The van der Waals surface area contributed by atoms with Gasteiger partial charge in [0.1, 0.15) is 5.75 Å². The number of halogens is 1. The van der Waals surface area contributed by atoms with Gasteiger partial charge < -0.3 is 9.47 Å². The summed E-state index contributed by atoms with van der Waals surface area (Å²) >= 11 is 3.23. The Morgan fingerprint density at radius 3 is 2.60 bits per heavy atom. The van der Waals surface area contributed by atoms with Gasteiger partial charge in [-0.2, -0.15) is 0 Å². The number of esters is 1. The fourth-order valence-electron chi connectivity index (χ4n) is 1.44. The van der Waals surface area contributed by atoms with Gasteiger partial charge in [-0.05, 0) is 40.5 Å². The third kappa shape index (κ3) is 4.77. The molecule has 112 valence electrons. The summed E-state index contributed by atoms with van der Waals surface area (Å²) < 4.78 is 36.5. The number of carbonyl (C=O) groups excluding carboxylic acids is 1. The van der Waals surface area contributed by atoms with Crippen LogP contribution in [-0.4, -0.2) is 35.2 Å². The lowest BCUT2D eigenvalue weighted by molar-refractivity contribution is -0.140. The first-order valence-corrected chi connectivity index (χ1v) is 8.08. The molecule has 0 fully saturated rings. The molecule has 1 rings (SSSR count). The lowest BCUT2D eigenvalue weighted by Gasteiger charge is -2.08. The minimum atomic E-state index is -3.60. The average molecular weight is 366 g/mol. The number of methoxy groups -OCH3 is 2. The number of ether oxygens (including phenoxy) is 2. The minimum absolute atomic E-state index is 0.128. The van der Waals surface area contributed by atoms with Crippen LogP contribution in [0.4, 0.5) is 0 Å². The van der Waals surface area contributed by atoms with Gasteiger partial charge in [0.2, 0.25) is 10.0 Å². The van der Waals surface area contributed by atoms with Gasteiger partial charge in [0.05, 0.1) is 23.6 Å². The van der Waals surface area contributed by atoms with Gasteiger partial charge >= 0.3 is 5.97 Å². The highest BCUT2D eigenvalue weighted by Crippen LogP contribution is 2.27. The summed E-state index contributed by atoms with van der Waals surface area (Å²) in [6.07, 6.45) is 0.550. The summed E-state index contributed by atoms with van der Waals surface area (Å²) in [6, 6.07) is 4.47. The average Bonchev–Trinajstić information content (AvgIpc) is 2.43. The Kier molecular flexibility index (Phi) is 6.44. The number of hydrogen-bond donors (Lipinski definition) is 1. The molecule has 1 aromatic rings. The molecule has 0 saturated heterocycles. The fraction of sp³-hybridized carbons (Fsp3) is 0.417. The van der Waals surface area contributed by atoms with E-state index in [1.165, 1.54) is 26.4 Å². The largest absolute Gasteiger partial charge is 0.496 e. The fourth-order valence-corrected chi connectivity index (χ4v) is 3.23. The molecular weight excluding hydrogens is 350 g/mol. The second kappa shape index (κ2) is 7.61. The summed E-state index contributed by atoms with van der Waals surface area (Å²) in [5.74, 6) is 0.186.